The van der Waals surface area contributed by atoms with E-state index in [1.54, 1.807) is 0 Å². The second-order valence-corrected chi connectivity index (χ2v) is 3.88. The number of rotatable bonds is 3. The molecule has 0 saturated carbocycles. The lowest BCUT2D eigenvalue weighted by atomic mass is 10.1. The second-order valence-electron chi connectivity index (χ2n) is 3.88. The topological polar surface area (TPSA) is 23.5 Å². The van der Waals surface area contributed by atoms with Crippen LogP contribution in [0.2, 0.25) is 0 Å². The Hall–Kier alpha value is -1.02. The minimum atomic E-state index is -0.320. The largest absolute Gasteiger partial charge is 0.391 e. The average molecular weight is 193 g/mol. The van der Waals surface area contributed by atoms with Crippen molar-refractivity contribution in [1.82, 2.24) is 0 Å². The van der Waals surface area contributed by atoms with Crippen molar-refractivity contribution in [3.05, 3.63) is 29.8 Å². The van der Waals surface area contributed by atoms with E-state index in [-0.39, 0.29) is 12.1 Å². The average Bonchev–Trinajstić information content (AvgIpc) is 2.16. The molecule has 0 aliphatic heterocycles. The van der Waals surface area contributed by atoms with Crippen LogP contribution in [-0.4, -0.2) is 24.3 Å². The van der Waals surface area contributed by atoms with Gasteiger partial charge in [-0.2, -0.15) is 0 Å². The van der Waals surface area contributed by atoms with Gasteiger partial charge in [0.15, 0.2) is 0 Å². The molecule has 0 aromatic heterocycles. The third-order valence-corrected chi connectivity index (χ3v) is 2.80. The first kappa shape index (κ1) is 11.1. The van der Waals surface area contributed by atoms with Crippen LogP contribution in [0.15, 0.2) is 24.3 Å². The van der Waals surface area contributed by atoms with E-state index in [0.717, 1.165) is 0 Å². The fourth-order valence-electron chi connectivity index (χ4n) is 1.50. The quantitative estimate of drug-likeness (QED) is 0.795. The Morgan fingerprint density at radius 3 is 2.29 bits per heavy atom. The predicted octanol–water partition coefficient (Wildman–Crippen LogP) is 2.20. The maximum absolute atomic E-state index is 9.50. The fraction of sp³-hybridized carbons (Fsp3) is 0.500. The van der Waals surface area contributed by atoms with Crippen LogP contribution in [0.5, 0.6) is 0 Å². The van der Waals surface area contributed by atoms with E-state index in [0.29, 0.717) is 0 Å². The van der Waals surface area contributed by atoms with Gasteiger partial charge in [-0.05, 0) is 32.4 Å². The molecule has 2 unspecified atom stereocenters. The summed E-state index contributed by atoms with van der Waals surface area (Å²) < 4.78 is 0. The van der Waals surface area contributed by atoms with E-state index >= 15 is 0 Å². The number of aliphatic hydroxyl groups excluding tert-OH is 1. The molecule has 0 aliphatic rings. The van der Waals surface area contributed by atoms with Gasteiger partial charge in [0.25, 0.3) is 0 Å². The van der Waals surface area contributed by atoms with Crippen LogP contribution in [0.25, 0.3) is 0 Å². The molecule has 0 heterocycles. The Bertz CT molecular complexity index is 296. The molecule has 2 heteroatoms. The number of aryl methyl sites for hydroxylation is 1. The van der Waals surface area contributed by atoms with Crippen LogP contribution in [0.4, 0.5) is 5.69 Å². The number of hydrogen-bond donors (Lipinski definition) is 1. The predicted molar refractivity (Wildman–Crippen MR) is 60.7 cm³/mol. The Morgan fingerprint density at radius 2 is 1.79 bits per heavy atom. The maximum Gasteiger partial charge on any atom is 0.0712 e. The van der Waals surface area contributed by atoms with Crippen LogP contribution in [0.1, 0.15) is 19.4 Å². The molecule has 0 spiro atoms. The zero-order chi connectivity index (χ0) is 10.7. The number of hydrogen-bond acceptors (Lipinski definition) is 2. The smallest absolute Gasteiger partial charge is 0.0712 e. The summed E-state index contributed by atoms with van der Waals surface area (Å²) >= 11 is 0. The van der Waals surface area contributed by atoms with Gasteiger partial charge < -0.3 is 10.0 Å². The summed E-state index contributed by atoms with van der Waals surface area (Å²) in [7, 11) is 2.01. The number of likely N-dealkylation sites (N-methyl/N-ethyl adjacent to an activating group) is 1. The van der Waals surface area contributed by atoms with Gasteiger partial charge >= 0.3 is 0 Å². The van der Waals surface area contributed by atoms with Gasteiger partial charge in [-0.1, -0.05) is 18.2 Å². The van der Waals surface area contributed by atoms with Crippen molar-refractivity contribution in [2.75, 3.05) is 11.9 Å². The molecule has 2 atom stereocenters. The van der Waals surface area contributed by atoms with Gasteiger partial charge in [-0.25, -0.2) is 0 Å². The highest BCUT2D eigenvalue weighted by Crippen LogP contribution is 2.20. The van der Waals surface area contributed by atoms with Gasteiger partial charge in [0, 0.05) is 12.7 Å². The van der Waals surface area contributed by atoms with Gasteiger partial charge in [-0.15, -0.1) is 0 Å². The van der Waals surface area contributed by atoms with E-state index in [1.807, 2.05) is 33.0 Å². The Kier molecular flexibility index (Phi) is 3.53. The lowest BCUT2D eigenvalue weighted by molar-refractivity contribution is 0.168. The highest BCUT2D eigenvalue weighted by Gasteiger charge is 2.15. The summed E-state index contributed by atoms with van der Waals surface area (Å²) in [5, 5.41) is 9.50. The molecule has 0 aliphatic carbocycles. The van der Waals surface area contributed by atoms with Crippen molar-refractivity contribution in [3.8, 4) is 0 Å². The van der Waals surface area contributed by atoms with Crippen molar-refractivity contribution in [2.45, 2.75) is 32.9 Å². The third-order valence-electron chi connectivity index (χ3n) is 2.80. The zero-order valence-corrected chi connectivity index (χ0v) is 9.36. The van der Waals surface area contributed by atoms with Gasteiger partial charge in [0.2, 0.25) is 0 Å². The maximum atomic E-state index is 9.50. The van der Waals surface area contributed by atoms with Crippen LogP contribution in [0.3, 0.4) is 0 Å². The molecule has 2 nitrogen and oxygen atoms in total. The molecular formula is C12H19NO. The summed E-state index contributed by atoms with van der Waals surface area (Å²) in [6.45, 7) is 5.93. The molecule has 0 saturated heterocycles. The van der Waals surface area contributed by atoms with E-state index in [4.69, 9.17) is 0 Å². The van der Waals surface area contributed by atoms with E-state index in [9.17, 15) is 5.11 Å². The summed E-state index contributed by atoms with van der Waals surface area (Å²) in [6.07, 6.45) is -0.320. The number of benzene rings is 1. The van der Waals surface area contributed by atoms with Crippen LogP contribution in [0, 0.1) is 6.92 Å². The minimum Gasteiger partial charge on any atom is -0.391 e. The van der Waals surface area contributed by atoms with E-state index in [1.165, 1.54) is 11.3 Å². The number of aliphatic hydroxyl groups is 1. The highest BCUT2D eigenvalue weighted by molar-refractivity contribution is 5.53. The van der Waals surface area contributed by atoms with E-state index < -0.39 is 0 Å². The van der Waals surface area contributed by atoms with Crippen LogP contribution < -0.4 is 4.90 Å². The number of nitrogens with zero attached hydrogens (tertiary/aromatic N) is 1. The fourth-order valence-corrected chi connectivity index (χ4v) is 1.50. The first-order chi connectivity index (χ1) is 6.54. The Balaban J connectivity index is 2.89. The second kappa shape index (κ2) is 4.47. The van der Waals surface area contributed by atoms with Crippen molar-refractivity contribution < 1.29 is 5.11 Å². The highest BCUT2D eigenvalue weighted by atomic mass is 16.3. The zero-order valence-electron chi connectivity index (χ0n) is 9.36. The Labute approximate surface area is 86.2 Å². The van der Waals surface area contributed by atoms with Crippen molar-refractivity contribution in [3.63, 3.8) is 0 Å². The van der Waals surface area contributed by atoms with Crippen molar-refractivity contribution in [2.24, 2.45) is 0 Å². The van der Waals surface area contributed by atoms with Crippen molar-refractivity contribution >= 4 is 5.69 Å². The summed E-state index contributed by atoms with van der Waals surface area (Å²) in [6, 6.07) is 8.35. The first-order valence-corrected chi connectivity index (χ1v) is 5.00. The molecule has 78 valence electrons. The van der Waals surface area contributed by atoms with Gasteiger partial charge in [-0.3, -0.25) is 0 Å². The summed E-state index contributed by atoms with van der Waals surface area (Å²) in [5.74, 6) is 0. The summed E-state index contributed by atoms with van der Waals surface area (Å²) in [5.41, 5.74) is 2.42. The molecule has 0 amide bonds. The van der Waals surface area contributed by atoms with Crippen LogP contribution >= 0.6 is 0 Å². The van der Waals surface area contributed by atoms with Gasteiger partial charge in [0.1, 0.15) is 0 Å². The molecular weight excluding hydrogens is 174 g/mol. The van der Waals surface area contributed by atoms with Gasteiger partial charge in [0.05, 0.1) is 12.1 Å². The molecule has 0 fully saturated rings. The third kappa shape index (κ3) is 2.26. The molecule has 14 heavy (non-hydrogen) atoms. The number of para-hydroxylation sites is 1. The lowest BCUT2D eigenvalue weighted by Gasteiger charge is -2.30. The normalized spacial score (nSPS) is 14.9. The SMILES string of the molecule is Cc1ccccc1N(C)C(C)C(C)O. The molecule has 1 rings (SSSR count). The monoisotopic (exact) mass is 193 g/mol. The minimum absolute atomic E-state index is 0.135. The Morgan fingerprint density at radius 1 is 1.21 bits per heavy atom. The lowest BCUT2D eigenvalue weighted by Crippen LogP contribution is -2.37. The van der Waals surface area contributed by atoms with Crippen molar-refractivity contribution in [1.29, 1.82) is 0 Å². The molecule has 0 bridgehead atoms. The van der Waals surface area contributed by atoms with Crippen LogP contribution in [-0.2, 0) is 0 Å². The first-order valence-electron chi connectivity index (χ1n) is 5.00. The van der Waals surface area contributed by atoms with E-state index in [2.05, 4.69) is 24.0 Å². The summed E-state index contributed by atoms with van der Waals surface area (Å²) in [4.78, 5) is 2.11. The standard InChI is InChI=1S/C12H19NO/c1-9-7-5-6-8-12(9)13(4)10(2)11(3)14/h5-8,10-11,14H,1-4H3. The number of anilines is 1. The molecule has 1 N–H and O–H groups in total. The molecule has 0 radical (unpaired) electrons. The molecule has 1 aromatic carbocycles. The molecule has 1 aromatic rings.